The van der Waals surface area contributed by atoms with Crippen LogP contribution in [-0.2, 0) is 6.42 Å². The van der Waals surface area contributed by atoms with Gasteiger partial charge < -0.3 is 10.2 Å². The lowest BCUT2D eigenvalue weighted by Crippen LogP contribution is -1.86. The first-order valence-electron chi connectivity index (χ1n) is 6.07. The van der Waals surface area contributed by atoms with E-state index in [1.807, 2.05) is 43.3 Å². The molecule has 0 atom stereocenters. The van der Waals surface area contributed by atoms with Crippen molar-refractivity contribution in [3.05, 3.63) is 48.0 Å². The average Bonchev–Trinajstić information content (AvgIpc) is 2.37. The first kappa shape index (κ1) is 10.9. The van der Waals surface area contributed by atoms with Crippen LogP contribution in [-0.4, -0.2) is 10.2 Å². The second kappa shape index (κ2) is 3.91. The normalized spacial score (nSPS) is 11.2. The minimum Gasteiger partial charge on any atom is -0.508 e. The molecule has 2 heteroatoms. The summed E-state index contributed by atoms with van der Waals surface area (Å²) in [5.74, 6) is 0.357. The Kier molecular flexibility index (Phi) is 2.37. The molecular formula is C16H14O2. The first-order chi connectivity index (χ1) is 8.70. The number of hydrogen-bond donors (Lipinski definition) is 2. The Morgan fingerprint density at radius 1 is 0.889 bits per heavy atom. The summed E-state index contributed by atoms with van der Waals surface area (Å²) in [7, 11) is 0. The van der Waals surface area contributed by atoms with Crippen molar-refractivity contribution in [2.24, 2.45) is 0 Å². The van der Waals surface area contributed by atoms with Crippen molar-refractivity contribution in [3.63, 3.8) is 0 Å². The standard InChI is InChI=1S/C16H14O2/c1-2-13-15(17)9-12-7-10-5-3-4-6-11(10)8-14(12)16(13)18/h3-9,17-18H,2H2,1H3. The maximum Gasteiger partial charge on any atom is 0.130 e. The quantitative estimate of drug-likeness (QED) is 0.630. The van der Waals surface area contributed by atoms with E-state index in [2.05, 4.69) is 0 Å². The van der Waals surface area contributed by atoms with Crippen LogP contribution in [0.4, 0.5) is 0 Å². The minimum atomic E-state index is 0.165. The molecule has 0 heterocycles. The molecule has 90 valence electrons. The van der Waals surface area contributed by atoms with E-state index in [-0.39, 0.29) is 11.5 Å². The number of phenols is 2. The number of hydrogen-bond acceptors (Lipinski definition) is 2. The Bertz CT molecular complexity index is 745. The largest absolute Gasteiger partial charge is 0.508 e. The maximum absolute atomic E-state index is 10.2. The fraction of sp³-hybridized carbons (Fsp3) is 0.125. The molecule has 0 amide bonds. The summed E-state index contributed by atoms with van der Waals surface area (Å²) in [6.45, 7) is 1.92. The Morgan fingerprint density at radius 2 is 1.56 bits per heavy atom. The van der Waals surface area contributed by atoms with Gasteiger partial charge in [0.15, 0.2) is 0 Å². The molecule has 0 saturated heterocycles. The molecule has 0 aromatic heterocycles. The van der Waals surface area contributed by atoms with Crippen molar-refractivity contribution in [2.75, 3.05) is 0 Å². The monoisotopic (exact) mass is 238 g/mol. The van der Waals surface area contributed by atoms with Gasteiger partial charge in [-0.3, -0.25) is 0 Å². The minimum absolute atomic E-state index is 0.165. The van der Waals surface area contributed by atoms with Gasteiger partial charge in [0.1, 0.15) is 11.5 Å². The smallest absolute Gasteiger partial charge is 0.130 e. The summed E-state index contributed by atoms with van der Waals surface area (Å²) in [5, 5.41) is 24.0. The molecule has 2 N–H and O–H groups in total. The number of aromatic hydroxyl groups is 2. The van der Waals surface area contributed by atoms with Crippen LogP contribution in [0, 0.1) is 0 Å². The van der Waals surface area contributed by atoms with E-state index in [4.69, 9.17) is 0 Å². The van der Waals surface area contributed by atoms with Crippen molar-refractivity contribution in [2.45, 2.75) is 13.3 Å². The molecule has 0 spiro atoms. The number of phenolic OH excluding ortho intramolecular Hbond substituents is 2. The third kappa shape index (κ3) is 1.50. The highest BCUT2D eigenvalue weighted by Gasteiger charge is 2.11. The molecular weight excluding hydrogens is 224 g/mol. The molecule has 0 aliphatic carbocycles. The Balaban J connectivity index is 2.47. The summed E-state index contributed by atoms with van der Waals surface area (Å²) < 4.78 is 0. The lowest BCUT2D eigenvalue weighted by molar-refractivity contribution is 0.444. The summed E-state index contributed by atoms with van der Waals surface area (Å²) in [6, 6.07) is 13.7. The third-order valence-electron chi connectivity index (χ3n) is 3.41. The first-order valence-corrected chi connectivity index (χ1v) is 6.07. The van der Waals surface area contributed by atoms with E-state index in [1.165, 1.54) is 0 Å². The number of fused-ring (bicyclic) bond motifs is 2. The average molecular weight is 238 g/mol. The molecule has 0 unspecified atom stereocenters. The number of rotatable bonds is 1. The molecule has 3 aromatic carbocycles. The Labute approximate surface area is 105 Å². The highest BCUT2D eigenvalue weighted by Crippen LogP contribution is 2.37. The second-order valence-electron chi connectivity index (χ2n) is 4.50. The Hall–Kier alpha value is -2.22. The van der Waals surface area contributed by atoms with Gasteiger partial charge in [0, 0.05) is 10.9 Å². The zero-order valence-electron chi connectivity index (χ0n) is 10.1. The van der Waals surface area contributed by atoms with Crippen molar-refractivity contribution < 1.29 is 10.2 Å². The zero-order valence-corrected chi connectivity index (χ0v) is 10.1. The topological polar surface area (TPSA) is 40.5 Å². The molecule has 3 rings (SSSR count). The van der Waals surface area contributed by atoms with E-state index in [0.29, 0.717) is 12.0 Å². The highest BCUT2D eigenvalue weighted by molar-refractivity contribution is 6.02. The summed E-state index contributed by atoms with van der Waals surface area (Å²) in [6.07, 6.45) is 0.612. The third-order valence-corrected chi connectivity index (χ3v) is 3.41. The molecule has 0 radical (unpaired) electrons. The zero-order chi connectivity index (χ0) is 12.7. The molecule has 18 heavy (non-hydrogen) atoms. The Morgan fingerprint density at radius 3 is 2.22 bits per heavy atom. The van der Waals surface area contributed by atoms with Crippen LogP contribution in [0.25, 0.3) is 21.5 Å². The van der Waals surface area contributed by atoms with Crippen molar-refractivity contribution in [3.8, 4) is 11.5 Å². The predicted octanol–water partition coefficient (Wildman–Crippen LogP) is 3.97. The molecule has 0 aliphatic heterocycles. The van der Waals surface area contributed by atoms with E-state index >= 15 is 0 Å². The summed E-state index contributed by atoms with van der Waals surface area (Å²) in [5.41, 5.74) is 0.609. The van der Waals surface area contributed by atoms with Crippen LogP contribution in [0.2, 0.25) is 0 Å². The molecule has 0 saturated carbocycles. The van der Waals surface area contributed by atoms with Crippen LogP contribution in [0.1, 0.15) is 12.5 Å². The van der Waals surface area contributed by atoms with Crippen LogP contribution in [0.3, 0.4) is 0 Å². The maximum atomic E-state index is 10.2. The van der Waals surface area contributed by atoms with E-state index in [9.17, 15) is 10.2 Å². The second-order valence-corrected chi connectivity index (χ2v) is 4.50. The van der Waals surface area contributed by atoms with Gasteiger partial charge in [-0.2, -0.15) is 0 Å². The van der Waals surface area contributed by atoms with Crippen molar-refractivity contribution >= 4 is 21.5 Å². The van der Waals surface area contributed by atoms with Gasteiger partial charge >= 0.3 is 0 Å². The van der Waals surface area contributed by atoms with E-state index in [0.717, 1.165) is 21.5 Å². The van der Waals surface area contributed by atoms with Crippen molar-refractivity contribution in [1.29, 1.82) is 0 Å². The highest BCUT2D eigenvalue weighted by atomic mass is 16.3. The fourth-order valence-corrected chi connectivity index (χ4v) is 2.45. The van der Waals surface area contributed by atoms with E-state index < -0.39 is 0 Å². The molecule has 0 fully saturated rings. The fourth-order valence-electron chi connectivity index (χ4n) is 2.45. The lowest BCUT2D eigenvalue weighted by atomic mass is 9.99. The van der Waals surface area contributed by atoms with E-state index in [1.54, 1.807) is 6.07 Å². The van der Waals surface area contributed by atoms with Crippen molar-refractivity contribution in [1.82, 2.24) is 0 Å². The van der Waals surface area contributed by atoms with Gasteiger partial charge in [-0.05, 0) is 40.8 Å². The van der Waals surface area contributed by atoms with Gasteiger partial charge in [0.25, 0.3) is 0 Å². The van der Waals surface area contributed by atoms with Crippen LogP contribution < -0.4 is 0 Å². The molecule has 0 aliphatic rings. The van der Waals surface area contributed by atoms with Crippen LogP contribution >= 0.6 is 0 Å². The van der Waals surface area contributed by atoms with Gasteiger partial charge in [0.2, 0.25) is 0 Å². The van der Waals surface area contributed by atoms with Gasteiger partial charge in [0.05, 0.1) is 0 Å². The van der Waals surface area contributed by atoms with Gasteiger partial charge in [-0.15, -0.1) is 0 Å². The number of benzene rings is 3. The summed E-state index contributed by atoms with van der Waals surface area (Å²) >= 11 is 0. The predicted molar refractivity (Wildman–Crippen MR) is 74.2 cm³/mol. The SMILES string of the molecule is CCc1c(O)cc2cc3ccccc3cc2c1O. The lowest BCUT2D eigenvalue weighted by Gasteiger charge is -2.10. The summed E-state index contributed by atoms with van der Waals surface area (Å²) in [4.78, 5) is 0. The molecule has 3 aromatic rings. The van der Waals surface area contributed by atoms with Gasteiger partial charge in [-0.1, -0.05) is 31.2 Å². The van der Waals surface area contributed by atoms with Gasteiger partial charge in [-0.25, -0.2) is 0 Å². The van der Waals surface area contributed by atoms with Crippen LogP contribution in [0.15, 0.2) is 42.5 Å². The van der Waals surface area contributed by atoms with Crippen LogP contribution in [0.5, 0.6) is 11.5 Å². The molecule has 0 bridgehead atoms. The molecule has 2 nitrogen and oxygen atoms in total.